The SMILES string of the molecule is CC1(C)OC(=O)c2cccc(C[C@@H](B3O[C@@H]4CC5C[C@@H](C5(C)C)[C@]4(C)O3)N([Si](C)(C)C)[Si](C)(C)C)c2O1. The molecule has 0 amide bonds. The van der Waals surface area contributed by atoms with Crippen LogP contribution in [0.15, 0.2) is 18.2 Å². The molecule has 1 aromatic carbocycles. The summed E-state index contributed by atoms with van der Waals surface area (Å²) in [5, 5.41) is 0. The van der Waals surface area contributed by atoms with Gasteiger partial charge in [-0.05, 0) is 55.1 Å². The quantitative estimate of drug-likeness (QED) is 0.318. The maximum atomic E-state index is 12.8. The number of rotatable bonds is 6. The van der Waals surface area contributed by atoms with E-state index in [1.165, 1.54) is 6.42 Å². The van der Waals surface area contributed by atoms with Crippen molar-refractivity contribution in [1.29, 1.82) is 0 Å². The molecule has 6 rings (SSSR count). The Hall–Kier alpha value is -1.13. The third kappa shape index (κ3) is 4.46. The van der Waals surface area contributed by atoms with Crippen LogP contribution in [0.1, 0.15) is 63.4 Å². The number of esters is 1. The van der Waals surface area contributed by atoms with Crippen molar-refractivity contribution >= 4 is 29.6 Å². The van der Waals surface area contributed by atoms with Gasteiger partial charge in [-0.1, -0.05) is 65.3 Å². The van der Waals surface area contributed by atoms with Gasteiger partial charge in [0.05, 0.1) is 11.7 Å². The lowest BCUT2D eigenvalue weighted by Gasteiger charge is -2.64. The molecule has 37 heavy (non-hydrogen) atoms. The zero-order valence-electron chi connectivity index (χ0n) is 24.7. The van der Waals surface area contributed by atoms with E-state index < -0.39 is 22.3 Å². The molecule has 1 aromatic rings. The largest absolute Gasteiger partial charge is 0.475 e. The Balaban J connectivity index is 1.55. The Morgan fingerprint density at radius 3 is 2.24 bits per heavy atom. The Kier molecular flexibility index (Phi) is 6.25. The van der Waals surface area contributed by atoms with Gasteiger partial charge >= 0.3 is 13.1 Å². The van der Waals surface area contributed by atoms with Gasteiger partial charge in [-0.15, -0.1) is 0 Å². The van der Waals surface area contributed by atoms with Crippen molar-refractivity contribution in [1.82, 2.24) is 4.23 Å². The van der Waals surface area contributed by atoms with Crippen molar-refractivity contribution in [3.8, 4) is 5.75 Å². The van der Waals surface area contributed by atoms with Crippen LogP contribution in [0, 0.1) is 17.3 Å². The van der Waals surface area contributed by atoms with Crippen molar-refractivity contribution < 1.29 is 23.6 Å². The highest BCUT2D eigenvalue weighted by Gasteiger charge is 2.69. The molecule has 2 heterocycles. The van der Waals surface area contributed by atoms with E-state index in [0.29, 0.717) is 35.0 Å². The van der Waals surface area contributed by atoms with Gasteiger partial charge in [0.15, 0.2) is 0 Å². The number of ether oxygens (including phenoxy) is 2. The average molecular weight is 544 g/mol. The van der Waals surface area contributed by atoms with Gasteiger partial charge in [-0.2, -0.15) is 0 Å². The zero-order chi connectivity index (χ0) is 27.3. The molecular formula is C28H46BNO5Si2. The zero-order valence-corrected chi connectivity index (χ0v) is 26.7. The number of fused-ring (bicyclic) bond motifs is 1. The predicted molar refractivity (Wildman–Crippen MR) is 153 cm³/mol. The fourth-order valence-electron chi connectivity index (χ4n) is 8.17. The first-order valence-corrected chi connectivity index (χ1v) is 20.9. The summed E-state index contributed by atoms with van der Waals surface area (Å²) in [7, 11) is -3.90. The molecule has 5 aliphatic rings. The van der Waals surface area contributed by atoms with E-state index >= 15 is 0 Å². The number of benzene rings is 1. The van der Waals surface area contributed by atoms with Crippen LogP contribution in [0.5, 0.6) is 5.75 Å². The summed E-state index contributed by atoms with van der Waals surface area (Å²) in [5.41, 5.74) is 1.56. The van der Waals surface area contributed by atoms with Crippen LogP contribution in [0.3, 0.4) is 0 Å². The van der Waals surface area contributed by atoms with Gasteiger partial charge in [0.2, 0.25) is 5.79 Å². The summed E-state index contributed by atoms with van der Waals surface area (Å²) in [6.07, 6.45) is 3.15. The van der Waals surface area contributed by atoms with Crippen molar-refractivity contribution in [3.05, 3.63) is 29.3 Å². The van der Waals surface area contributed by atoms with Gasteiger partial charge in [0, 0.05) is 19.8 Å². The summed E-state index contributed by atoms with van der Waals surface area (Å²) in [6.45, 7) is 25.3. The molecule has 0 N–H and O–H groups in total. The van der Waals surface area contributed by atoms with Gasteiger partial charge in [0.25, 0.3) is 0 Å². The van der Waals surface area contributed by atoms with Crippen molar-refractivity contribution in [3.63, 3.8) is 0 Å². The van der Waals surface area contributed by atoms with Crippen molar-refractivity contribution in [2.24, 2.45) is 17.3 Å². The van der Waals surface area contributed by atoms with Crippen LogP contribution in [0.25, 0.3) is 0 Å². The minimum Gasteiger partial charge on any atom is -0.452 e. The summed E-state index contributed by atoms with van der Waals surface area (Å²) in [4.78, 5) is 12.8. The minimum absolute atomic E-state index is 0.0391. The molecule has 6 nitrogen and oxygen atoms in total. The monoisotopic (exact) mass is 543 g/mol. The molecule has 9 heteroatoms. The number of cyclic esters (lactones) is 1. The first kappa shape index (κ1) is 27.4. The average Bonchev–Trinajstić information content (AvgIpc) is 3.08. The highest BCUT2D eigenvalue weighted by molar-refractivity contribution is 6.90. The van der Waals surface area contributed by atoms with E-state index in [-0.39, 0.29) is 30.7 Å². The fourth-order valence-corrected chi connectivity index (χ4v) is 18.6. The van der Waals surface area contributed by atoms with E-state index in [0.717, 1.165) is 12.0 Å². The Bertz CT molecular complexity index is 1080. The molecule has 0 aromatic heterocycles. The Morgan fingerprint density at radius 1 is 1.00 bits per heavy atom. The van der Waals surface area contributed by atoms with E-state index in [1.807, 2.05) is 6.07 Å². The molecule has 2 aliphatic heterocycles. The first-order valence-electron chi connectivity index (χ1n) is 14.0. The van der Waals surface area contributed by atoms with Crippen LogP contribution in [0.4, 0.5) is 0 Å². The maximum Gasteiger partial charge on any atom is 0.475 e. The van der Waals surface area contributed by atoms with Crippen LogP contribution in [0.2, 0.25) is 39.3 Å². The standard InChI is InChI=1S/C28H46BNO5Si2/c1-26(2)19-16-21(26)28(5)22(17-19)34-29(35-28)23(30(36(6,7)8)37(9,10)11)15-18-13-12-14-20-24(18)32-27(3,4)33-25(20)31/h12-14,19,21-23H,15-17H2,1-11H3/t19?,21-,22+,23-,28-/m0/s1. The lowest BCUT2D eigenvalue weighted by molar-refractivity contribution is -0.199. The second kappa shape index (κ2) is 8.43. The molecular weight excluding hydrogens is 497 g/mol. The smallest absolute Gasteiger partial charge is 0.452 e. The Labute approximate surface area is 226 Å². The molecule has 2 bridgehead atoms. The minimum atomic E-state index is -1.79. The second-order valence-electron chi connectivity index (χ2n) is 15.0. The van der Waals surface area contributed by atoms with Crippen molar-refractivity contribution in [2.45, 2.75) is 117 Å². The van der Waals surface area contributed by atoms with Gasteiger partial charge < -0.3 is 23.0 Å². The lowest BCUT2D eigenvalue weighted by Crippen LogP contribution is -2.68. The number of hydrogen-bond donors (Lipinski definition) is 0. The third-order valence-corrected chi connectivity index (χ3v) is 17.1. The number of para-hydroxylation sites is 1. The third-order valence-electron chi connectivity index (χ3n) is 9.49. The van der Waals surface area contributed by atoms with Crippen molar-refractivity contribution in [2.75, 3.05) is 0 Å². The first-order chi connectivity index (χ1) is 16.8. The lowest BCUT2D eigenvalue weighted by atomic mass is 9.43. The molecule has 3 aliphatic carbocycles. The maximum absolute atomic E-state index is 12.8. The fraction of sp³-hybridized carbons (Fsp3) is 0.750. The second-order valence-corrected chi connectivity index (χ2v) is 25.1. The van der Waals surface area contributed by atoms with Crippen LogP contribution in [-0.4, -0.2) is 57.2 Å². The molecule has 4 fully saturated rings. The highest BCUT2D eigenvalue weighted by atomic mass is 28.4. The summed E-state index contributed by atoms with van der Waals surface area (Å²) in [5.74, 6) is 0.588. The van der Waals surface area contributed by atoms with E-state index in [1.54, 1.807) is 19.9 Å². The number of nitrogens with zero attached hydrogens (tertiary/aromatic N) is 1. The topological polar surface area (TPSA) is 57.2 Å². The molecule has 0 radical (unpaired) electrons. The van der Waals surface area contributed by atoms with E-state index in [9.17, 15) is 4.79 Å². The van der Waals surface area contributed by atoms with Gasteiger partial charge in [0.1, 0.15) is 27.8 Å². The highest BCUT2D eigenvalue weighted by Crippen LogP contribution is 2.66. The number of carbonyl (C=O) groups is 1. The molecule has 1 unspecified atom stereocenters. The van der Waals surface area contributed by atoms with Crippen LogP contribution in [-0.2, 0) is 20.5 Å². The van der Waals surface area contributed by atoms with Gasteiger partial charge in [-0.25, -0.2) is 4.79 Å². The van der Waals surface area contributed by atoms with E-state index in [2.05, 4.69) is 70.4 Å². The summed E-state index contributed by atoms with van der Waals surface area (Å²) >= 11 is 0. The van der Waals surface area contributed by atoms with Gasteiger partial charge in [-0.3, -0.25) is 0 Å². The summed E-state index contributed by atoms with van der Waals surface area (Å²) in [6, 6.07) is 5.83. The molecule has 204 valence electrons. The van der Waals surface area contributed by atoms with E-state index in [4.69, 9.17) is 18.8 Å². The molecule has 5 atom stereocenters. The Morgan fingerprint density at radius 2 is 1.65 bits per heavy atom. The number of carbonyl (C=O) groups excluding carboxylic acids is 1. The number of hydrogen-bond acceptors (Lipinski definition) is 6. The van der Waals surface area contributed by atoms with Crippen LogP contribution >= 0.6 is 0 Å². The molecule has 0 spiro atoms. The normalized spacial score (nSPS) is 32.7. The van der Waals surface area contributed by atoms with Crippen LogP contribution < -0.4 is 4.74 Å². The molecule has 3 saturated carbocycles. The molecule has 1 saturated heterocycles. The predicted octanol–water partition coefficient (Wildman–Crippen LogP) is 6.12. The summed E-state index contributed by atoms with van der Waals surface area (Å²) < 4.78 is 28.6.